The lowest BCUT2D eigenvalue weighted by Crippen LogP contribution is -2.06. The maximum Gasteiger partial charge on any atom is 0.224 e. The number of nitrogens with zero attached hydrogens (tertiary/aromatic N) is 1. The highest BCUT2D eigenvalue weighted by Crippen LogP contribution is 2.24. The highest BCUT2D eigenvalue weighted by Gasteiger charge is 2.10. The molecule has 0 aliphatic carbocycles. The summed E-state index contributed by atoms with van der Waals surface area (Å²) in [7, 11) is 0. The zero-order valence-corrected chi connectivity index (χ0v) is 14.1. The number of hydrogen-bond acceptors (Lipinski definition) is 5. The minimum atomic E-state index is -0.793. The van der Waals surface area contributed by atoms with Crippen LogP contribution in [0.15, 0.2) is 48.5 Å². The molecule has 6 heteroatoms. The summed E-state index contributed by atoms with van der Waals surface area (Å²) in [5, 5.41) is 19.5. The Hall–Kier alpha value is -3.10. The Morgan fingerprint density at radius 2 is 2.00 bits per heavy atom. The molecule has 2 rings (SSSR count). The predicted octanol–water partition coefficient (Wildman–Crippen LogP) is 3.85. The molecule has 0 unspecified atom stereocenters. The van der Waals surface area contributed by atoms with E-state index in [0.717, 1.165) is 13.0 Å². The first-order chi connectivity index (χ1) is 11.9. The van der Waals surface area contributed by atoms with Crippen LogP contribution >= 0.6 is 11.6 Å². The lowest BCUT2D eigenvalue weighted by molar-refractivity contribution is -0.132. The molecule has 2 aromatic carbocycles. The summed E-state index contributed by atoms with van der Waals surface area (Å²) < 4.78 is 5.63. The first kappa shape index (κ1) is 18.2. The van der Waals surface area contributed by atoms with E-state index in [-0.39, 0.29) is 12.4 Å². The van der Waals surface area contributed by atoms with E-state index in [1.165, 1.54) is 6.07 Å². The molecule has 0 aromatic heterocycles. The third-order valence-corrected chi connectivity index (χ3v) is 3.72. The highest BCUT2D eigenvalue weighted by atomic mass is 35.5. The lowest BCUT2D eigenvalue weighted by atomic mass is 10.1. The lowest BCUT2D eigenvalue weighted by Gasteiger charge is -2.10. The second-order valence-electron chi connectivity index (χ2n) is 5.14. The van der Waals surface area contributed by atoms with Crippen LogP contribution in [0.2, 0.25) is 5.02 Å². The smallest absolute Gasteiger partial charge is 0.224 e. The number of benzene rings is 2. The molecular weight excluding hydrogens is 342 g/mol. The third-order valence-electron chi connectivity index (χ3n) is 3.37. The summed E-state index contributed by atoms with van der Waals surface area (Å²) in [5.41, 5.74) is 1.30. The Morgan fingerprint density at radius 3 is 2.68 bits per heavy atom. The van der Waals surface area contributed by atoms with Crippen molar-refractivity contribution in [1.29, 1.82) is 5.26 Å². The maximum atomic E-state index is 11.4. The van der Waals surface area contributed by atoms with Gasteiger partial charge in [0.05, 0.1) is 11.6 Å². The van der Waals surface area contributed by atoms with Gasteiger partial charge in [0.15, 0.2) is 5.78 Å². The highest BCUT2D eigenvalue weighted by molar-refractivity contribution is 6.41. The van der Waals surface area contributed by atoms with Crippen LogP contribution in [0.4, 0.5) is 0 Å². The monoisotopic (exact) mass is 355 g/mol. The molecule has 0 aliphatic rings. The molecule has 0 saturated carbocycles. The third kappa shape index (κ3) is 4.69. The molecule has 5 nitrogen and oxygen atoms in total. The molecule has 0 radical (unpaired) electrons. The van der Waals surface area contributed by atoms with E-state index < -0.39 is 11.6 Å². The number of carbonyl (C=O) groups is 2. The van der Waals surface area contributed by atoms with Crippen LogP contribution in [-0.2, 0) is 16.2 Å². The largest absolute Gasteiger partial charge is 0.507 e. The molecule has 0 spiro atoms. The van der Waals surface area contributed by atoms with Crippen molar-refractivity contribution >= 4 is 28.9 Å². The number of aliphatic hydroxyl groups excluding tert-OH is 1. The fourth-order valence-corrected chi connectivity index (χ4v) is 2.25. The van der Waals surface area contributed by atoms with Gasteiger partial charge in [0.2, 0.25) is 5.78 Å². The Balaban J connectivity index is 2.20. The van der Waals surface area contributed by atoms with Gasteiger partial charge in [0.1, 0.15) is 18.1 Å². The molecule has 0 saturated heterocycles. The van der Waals surface area contributed by atoms with E-state index in [2.05, 4.69) is 6.07 Å². The minimum absolute atomic E-state index is 0.0723. The SMILES string of the molecule is CC(=O)C(=O)/C=C(\O)c1cccc(OCc2c(Cl)cccc2C#N)c1. The molecule has 25 heavy (non-hydrogen) atoms. The molecule has 0 aliphatic heterocycles. The van der Waals surface area contributed by atoms with Gasteiger partial charge < -0.3 is 9.84 Å². The number of hydrogen-bond donors (Lipinski definition) is 1. The van der Waals surface area contributed by atoms with E-state index >= 15 is 0 Å². The normalized spacial score (nSPS) is 10.8. The molecular formula is C19H14ClNO4. The molecule has 0 fully saturated rings. The van der Waals surface area contributed by atoms with Gasteiger partial charge in [-0.3, -0.25) is 9.59 Å². The van der Waals surface area contributed by atoms with Crippen LogP contribution in [0.1, 0.15) is 23.6 Å². The Bertz CT molecular complexity index is 897. The van der Waals surface area contributed by atoms with Crippen molar-refractivity contribution in [3.05, 3.63) is 70.3 Å². The molecule has 126 valence electrons. The average molecular weight is 356 g/mol. The molecule has 0 bridgehead atoms. The van der Waals surface area contributed by atoms with Crippen molar-refractivity contribution in [2.75, 3.05) is 0 Å². The molecule has 0 atom stereocenters. The number of aliphatic hydroxyl groups is 1. The second kappa shape index (κ2) is 8.13. The van der Waals surface area contributed by atoms with Crippen molar-refractivity contribution < 1.29 is 19.4 Å². The van der Waals surface area contributed by atoms with Crippen LogP contribution in [0.5, 0.6) is 5.75 Å². The van der Waals surface area contributed by atoms with Crippen molar-refractivity contribution in [3.63, 3.8) is 0 Å². The number of allylic oxidation sites excluding steroid dienone is 1. The zero-order valence-electron chi connectivity index (χ0n) is 13.3. The summed E-state index contributed by atoms with van der Waals surface area (Å²) in [4.78, 5) is 22.3. The van der Waals surface area contributed by atoms with Gasteiger partial charge in [-0.25, -0.2) is 0 Å². The van der Waals surface area contributed by atoms with Gasteiger partial charge in [-0.05, 0) is 24.3 Å². The summed E-state index contributed by atoms with van der Waals surface area (Å²) in [6, 6.07) is 13.4. The minimum Gasteiger partial charge on any atom is -0.507 e. The molecule has 2 aromatic rings. The number of ketones is 2. The number of nitriles is 1. The standard InChI is InChI=1S/C19H14ClNO4/c1-12(22)18(23)9-19(24)13-4-2-6-15(8-13)25-11-16-14(10-21)5-3-7-17(16)20/h2-9,24H,11H2,1H3/b19-9-. The van der Waals surface area contributed by atoms with Crippen molar-refractivity contribution in [3.8, 4) is 11.8 Å². The van der Waals surface area contributed by atoms with Gasteiger partial charge in [-0.1, -0.05) is 29.8 Å². The Morgan fingerprint density at radius 1 is 1.28 bits per heavy atom. The Labute approximate surface area is 149 Å². The van der Waals surface area contributed by atoms with E-state index in [9.17, 15) is 14.7 Å². The first-order valence-electron chi connectivity index (χ1n) is 7.28. The van der Waals surface area contributed by atoms with E-state index in [4.69, 9.17) is 21.6 Å². The van der Waals surface area contributed by atoms with Crippen LogP contribution in [-0.4, -0.2) is 16.7 Å². The van der Waals surface area contributed by atoms with Gasteiger partial charge in [0, 0.05) is 29.1 Å². The number of halogens is 1. The van der Waals surface area contributed by atoms with E-state index in [1.807, 2.05) is 0 Å². The maximum absolute atomic E-state index is 11.4. The molecule has 1 N–H and O–H groups in total. The van der Waals surface area contributed by atoms with Crippen molar-refractivity contribution in [2.24, 2.45) is 0 Å². The second-order valence-corrected chi connectivity index (χ2v) is 5.55. The number of ether oxygens (including phenoxy) is 1. The van der Waals surface area contributed by atoms with Gasteiger partial charge >= 0.3 is 0 Å². The number of rotatable bonds is 6. The first-order valence-corrected chi connectivity index (χ1v) is 7.66. The molecule has 0 heterocycles. The van der Waals surface area contributed by atoms with Gasteiger partial charge in [-0.15, -0.1) is 0 Å². The summed E-state index contributed by atoms with van der Waals surface area (Å²) in [6.45, 7) is 1.20. The van der Waals surface area contributed by atoms with E-state index in [1.54, 1.807) is 36.4 Å². The van der Waals surface area contributed by atoms with Crippen molar-refractivity contribution in [2.45, 2.75) is 13.5 Å². The fourth-order valence-electron chi connectivity index (χ4n) is 2.02. The number of carbonyl (C=O) groups excluding carboxylic acids is 2. The van der Waals surface area contributed by atoms with Gasteiger partial charge in [-0.2, -0.15) is 5.26 Å². The fraction of sp³-hybridized carbons (Fsp3) is 0.105. The van der Waals surface area contributed by atoms with Crippen LogP contribution in [0.3, 0.4) is 0 Å². The molecule has 0 amide bonds. The predicted molar refractivity (Wildman–Crippen MR) is 93.2 cm³/mol. The zero-order chi connectivity index (χ0) is 18.4. The topological polar surface area (TPSA) is 87.4 Å². The van der Waals surface area contributed by atoms with Crippen molar-refractivity contribution in [1.82, 2.24) is 0 Å². The average Bonchev–Trinajstić information content (AvgIpc) is 2.60. The Kier molecular flexibility index (Phi) is 5.93. The van der Waals surface area contributed by atoms with Crippen LogP contribution < -0.4 is 4.74 Å². The summed E-state index contributed by atoms with van der Waals surface area (Å²) in [5.74, 6) is -1.38. The quantitative estimate of drug-likeness (QED) is 0.483. The number of Topliss-reactive ketones (excluding diaryl/α,β-unsaturated/α-hetero) is 1. The van der Waals surface area contributed by atoms with Crippen LogP contribution in [0.25, 0.3) is 5.76 Å². The summed E-state index contributed by atoms with van der Waals surface area (Å²) >= 11 is 6.09. The summed E-state index contributed by atoms with van der Waals surface area (Å²) in [6.07, 6.45) is 0.864. The van der Waals surface area contributed by atoms with Gasteiger partial charge in [0.25, 0.3) is 0 Å². The van der Waals surface area contributed by atoms with Crippen LogP contribution in [0, 0.1) is 11.3 Å². The van der Waals surface area contributed by atoms with E-state index in [0.29, 0.717) is 27.5 Å².